The van der Waals surface area contributed by atoms with Gasteiger partial charge in [-0.1, -0.05) is 17.7 Å². The number of amidine groups is 1. The molecule has 3 rings (SSSR count). The first-order valence-electron chi connectivity index (χ1n) is 9.37. The number of aliphatic imine (C=N–C) groups is 1. The number of esters is 1. The SMILES string of the molecule is CCOc1ccc(Cl)cc1C=C1SC(=Nc2cccc(C(=O)OC)c2)N(CC)C1=O. The third-order valence-corrected chi connectivity index (χ3v) is 5.50. The Morgan fingerprint density at radius 1 is 1.23 bits per heavy atom. The van der Waals surface area contributed by atoms with Gasteiger partial charge in [0.25, 0.3) is 5.91 Å². The van der Waals surface area contributed by atoms with Gasteiger partial charge in [0.15, 0.2) is 5.17 Å². The second-order valence-electron chi connectivity index (χ2n) is 6.21. The average molecular weight is 445 g/mol. The number of hydrogen-bond acceptors (Lipinski definition) is 6. The molecule has 156 valence electrons. The quantitative estimate of drug-likeness (QED) is 0.455. The molecule has 0 aromatic heterocycles. The molecule has 0 spiro atoms. The van der Waals surface area contributed by atoms with Crippen LogP contribution in [0.2, 0.25) is 5.02 Å². The zero-order chi connectivity index (χ0) is 21.7. The van der Waals surface area contributed by atoms with Crippen LogP contribution in [0.25, 0.3) is 6.08 Å². The number of amides is 1. The van der Waals surface area contributed by atoms with Crippen LogP contribution >= 0.6 is 23.4 Å². The van der Waals surface area contributed by atoms with Crippen LogP contribution < -0.4 is 4.74 Å². The summed E-state index contributed by atoms with van der Waals surface area (Å²) in [5.74, 6) is 0.0688. The molecule has 0 N–H and O–H groups in total. The number of thioether (sulfide) groups is 1. The summed E-state index contributed by atoms with van der Waals surface area (Å²) in [4.78, 5) is 31.4. The molecule has 1 heterocycles. The number of carbonyl (C=O) groups excluding carboxylic acids is 2. The van der Waals surface area contributed by atoms with Crippen molar-refractivity contribution in [3.05, 3.63) is 63.5 Å². The highest BCUT2D eigenvalue weighted by molar-refractivity contribution is 8.18. The summed E-state index contributed by atoms with van der Waals surface area (Å²) in [6.45, 7) is 4.75. The Labute approximate surface area is 184 Å². The van der Waals surface area contributed by atoms with E-state index in [0.29, 0.717) is 45.2 Å². The van der Waals surface area contributed by atoms with Crippen molar-refractivity contribution in [2.45, 2.75) is 13.8 Å². The van der Waals surface area contributed by atoms with Crippen molar-refractivity contribution >= 4 is 52.2 Å². The Kier molecular flexibility index (Phi) is 7.18. The van der Waals surface area contributed by atoms with Crippen molar-refractivity contribution < 1.29 is 19.1 Å². The molecular weight excluding hydrogens is 424 g/mol. The molecule has 1 fully saturated rings. The van der Waals surface area contributed by atoms with E-state index < -0.39 is 5.97 Å². The highest BCUT2D eigenvalue weighted by Gasteiger charge is 2.32. The number of methoxy groups -OCH3 is 1. The average Bonchev–Trinajstić information content (AvgIpc) is 3.03. The maximum atomic E-state index is 12.9. The first-order chi connectivity index (χ1) is 14.5. The predicted molar refractivity (Wildman–Crippen MR) is 120 cm³/mol. The maximum Gasteiger partial charge on any atom is 0.337 e. The third kappa shape index (κ3) is 4.86. The van der Waals surface area contributed by atoms with Crippen LogP contribution in [0.4, 0.5) is 5.69 Å². The van der Waals surface area contributed by atoms with E-state index in [2.05, 4.69) is 4.99 Å². The van der Waals surface area contributed by atoms with Crippen LogP contribution in [0.5, 0.6) is 5.75 Å². The van der Waals surface area contributed by atoms with Crippen molar-refractivity contribution in [1.82, 2.24) is 4.90 Å². The van der Waals surface area contributed by atoms with Crippen LogP contribution in [0.3, 0.4) is 0 Å². The Morgan fingerprint density at radius 3 is 2.73 bits per heavy atom. The fourth-order valence-corrected chi connectivity index (χ4v) is 4.10. The molecule has 6 nitrogen and oxygen atoms in total. The van der Waals surface area contributed by atoms with Gasteiger partial charge in [-0.3, -0.25) is 9.69 Å². The molecule has 0 atom stereocenters. The van der Waals surface area contributed by atoms with Crippen molar-refractivity contribution in [3.63, 3.8) is 0 Å². The minimum Gasteiger partial charge on any atom is -0.493 e. The summed E-state index contributed by atoms with van der Waals surface area (Å²) in [5, 5.41) is 1.09. The van der Waals surface area contributed by atoms with Crippen LogP contribution in [0, 0.1) is 0 Å². The first-order valence-corrected chi connectivity index (χ1v) is 10.6. The number of hydrogen-bond donors (Lipinski definition) is 0. The standard InChI is InChI=1S/C22H21ClN2O4S/c1-4-25-20(26)19(13-15-11-16(23)9-10-18(15)29-5-2)30-22(25)24-17-8-6-7-14(12-17)21(27)28-3/h6-13H,4-5H2,1-3H3. The van der Waals surface area contributed by atoms with E-state index in [1.807, 2.05) is 13.8 Å². The van der Waals surface area contributed by atoms with E-state index in [1.54, 1.807) is 53.4 Å². The summed E-state index contributed by atoms with van der Waals surface area (Å²) < 4.78 is 10.4. The number of benzene rings is 2. The van der Waals surface area contributed by atoms with Gasteiger partial charge < -0.3 is 9.47 Å². The number of carbonyl (C=O) groups is 2. The fraction of sp³-hybridized carbons (Fsp3) is 0.227. The van der Waals surface area contributed by atoms with Crippen molar-refractivity contribution in [2.75, 3.05) is 20.3 Å². The van der Waals surface area contributed by atoms with Crippen molar-refractivity contribution in [2.24, 2.45) is 4.99 Å². The van der Waals surface area contributed by atoms with Gasteiger partial charge in [0, 0.05) is 17.1 Å². The highest BCUT2D eigenvalue weighted by atomic mass is 35.5. The number of halogens is 1. The van der Waals surface area contributed by atoms with E-state index in [0.717, 1.165) is 5.56 Å². The Hall–Kier alpha value is -2.77. The van der Waals surface area contributed by atoms with Crippen LogP contribution in [0.1, 0.15) is 29.8 Å². The lowest BCUT2D eigenvalue weighted by Crippen LogP contribution is -2.28. The van der Waals surface area contributed by atoms with E-state index in [-0.39, 0.29) is 5.91 Å². The first kappa shape index (κ1) is 21.9. The minimum absolute atomic E-state index is 0.146. The number of ether oxygens (including phenoxy) is 2. The summed E-state index contributed by atoms with van der Waals surface area (Å²) in [7, 11) is 1.33. The molecule has 0 bridgehead atoms. The fourth-order valence-electron chi connectivity index (χ4n) is 2.86. The highest BCUT2D eigenvalue weighted by Crippen LogP contribution is 2.36. The van der Waals surface area contributed by atoms with E-state index >= 15 is 0 Å². The molecule has 1 aliphatic heterocycles. The van der Waals surface area contributed by atoms with Gasteiger partial charge >= 0.3 is 5.97 Å². The van der Waals surface area contributed by atoms with E-state index in [4.69, 9.17) is 21.1 Å². The van der Waals surface area contributed by atoms with Crippen LogP contribution in [-0.4, -0.2) is 42.2 Å². The van der Waals surface area contributed by atoms with Crippen LogP contribution in [-0.2, 0) is 9.53 Å². The molecule has 1 aliphatic rings. The number of likely N-dealkylation sites (N-methyl/N-ethyl adjacent to an activating group) is 1. The van der Waals surface area contributed by atoms with Gasteiger partial charge in [0.2, 0.25) is 0 Å². The molecule has 2 aromatic rings. The largest absolute Gasteiger partial charge is 0.493 e. The monoisotopic (exact) mass is 444 g/mol. The summed E-state index contributed by atoms with van der Waals surface area (Å²) in [5.41, 5.74) is 1.68. The summed E-state index contributed by atoms with van der Waals surface area (Å²) >= 11 is 7.40. The lowest BCUT2D eigenvalue weighted by Gasteiger charge is -2.12. The molecule has 30 heavy (non-hydrogen) atoms. The zero-order valence-electron chi connectivity index (χ0n) is 16.8. The minimum atomic E-state index is -0.440. The molecule has 1 amide bonds. The lowest BCUT2D eigenvalue weighted by molar-refractivity contribution is -0.122. The van der Waals surface area contributed by atoms with E-state index in [1.165, 1.54) is 18.9 Å². The van der Waals surface area contributed by atoms with Gasteiger partial charge in [-0.05, 0) is 68.1 Å². The molecule has 0 aliphatic carbocycles. The van der Waals surface area contributed by atoms with Crippen molar-refractivity contribution in [3.8, 4) is 5.75 Å². The second-order valence-corrected chi connectivity index (χ2v) is 7.66. The van der Waals surface area contributed by atoms with Gasteiger partial charge in [-0.2, -0.15) is 0 Å². The molecule has 0 saturated carbocycles. The topological polar surface area (TPSA) is 68.2 Å². The molecule has 0 radical (unpaired) electrons. The lowest BCUT2D eigenvalue weighted by atomic mass is 10.2. The molecule has 8 heteroatoms. The zero-order valence-corrected chi connectivity index (χ0v) is 18.4. The Morgan fingerprint density at radius 2 is 2.03 bits per heavy atom. The second kappa shape index (κ2) is 9.82. The normalized spacial score (nSPS) is 16.4. The van der Waals surface area contributed by atoms with Crippen molar-refractivity contribution in [1.29, 1.82) is 0 Å². The molecule has 2 aromatic carbocycles. The summed E-state index contributed by atoms with van der Waals surface area (Å²) in [6.07, 6.45) is 1.76. The Bertz CT molecular complexity index is 1040. The van der Waals surface area contributed by atoms with Gasteiger partial charge in [-0.25, -0.2) is 9.79 Å². The van der Waals surface area contributed by atoms with Gasteiger partial charge in [-0.15, -0.1) is 0 Å². The third-order valence-electron chi connectivity index (χ3n) is 4.25. The predicted octanol–water partition coefficient (Wildman–Crippen LogP) is 5.15. The molecule has 0 unspecified atom stereocenters. The van der Waals surface area contributed by atoms with Gasteiger partial charge in [0.1, 0.15) is 5.75 Å². The van der Waals surface area contributed by atoms with Crippen LogP contribution in [0.15, 0.2) is 52.4 Å². The number of nitrogens with zero attached hydrogens (tertiary/aromatic N) is 2. The molecule has 1 saturated heterocycles. The summed E-state index contributed by atoms with van der Waals surface area (Å²) in [6, 6.07) is 12.1. The molecular formula is C22H21ClN2O4S. The van der Waals surface area contributed by atoms with Gasteiger partial charge in [0.05, 0.1) is 29.9 Å². The number of rotatable bonds is 6. The van der Waals surface area contributed by atoms with E-state index in [9.17, 15) is 9.59 Å². The maximum absolute atomic E-state index is 12.9. The smallest absolute Gasteiger partial charge is 0.337 e. The Balaban J connectivity index is 1.96.